The van der Waals surface area contributed by atoms with Gasteiger partial charge < -0.3 is 4.57 Å². The van der Waals surface area contributed by atoms with Crippen molar-refractivity contribution in [2.45, 2.75) is 48.2 Å². The van der Waals surface area contributed by atoms with E-state index in [4.69, 9.17) is 5.14 Å². The van der Waals surface area contributed by atoms with Gasteiger partial charge in [0.05, 0.1) is 21.7 Å². The maximum Gasteiger partial charge on any atom is 0.238 e. The summed E-state index contributed by atoms with van der Waals surface area (Å²) in [5.41, 5.74) is 1.57. The van der Waals surface area contributed by atoms with Crippen LogP contribution in [0, 0.1) is 6.92 Å². The van der Waals surface area contributed by atoms with E-state index >= 15 is 0 Å². The smallest absolute Gasteiger partial charge is 0.238 e. The van der Waals surface area contributed by atoms with Gasteiger partial charge in [-0.2, -0.15) is 0 Å². The van der Waals surface area contributed by atoms with E-state index in [0.717, 1.165) is 40.1 Å². The van der Waals surface area contributed by atoms with Gasteiger partial charge in [0, 0.05) is 6.54 Å². The lowest BCUT2D eigenvalue weighted by Gasteiger charge is -2.08. The number of rotatable bonds is 7. The lowest BCUT2D eigenvalue weighted by atomic mass is 10.3. The molecule has 0 saturated heterocycles. The molecule has 2 N–H and O–H groups in total. The lowest BCUT2D eigenvalue weighted by Crippen LogP contribution is -2.11. The number of hydrogen-bond donors (Lipinski definition) is 1. The van der Waals surface area contributed by atoms with Crippen LogP contribution >= 0.6 is 23.1 Å². The third-order valence-corrected chi connectivity index (χ3v) is 6.57. The Balaban J connectivity index is 1.96. The average molecular weight is 398 g/mol. The summed E-state index contributed by atoms with van der Waals surface area (Å²) in [7, 11) is -3.74. The Hall–Kier alpha value is -1.49. The molecular weight excluding hydrogens is 378 g/mol. The zero-order chi connectivity index (χ0) is 18.0. The van der Waals surface area contributed by atoms with Crippen molar-refractivity contribution >= 4 is 44.2 Å². The predicted octanol–water partition coefficient (Wildman–Crippen LogP) is 2.94. The minimum atomic E-state index is -3.74. The van der Waals surface area contributed by atoms with Crippen molar-refractivity contribution in [2.24, 2.45) is 5.14 Å². The first-order valence-electron chi connectivity index (χ1n) is 7.83. The first-order valence-corrected chi connectivity index (χ1v) is 11.2. The number of aryl methyl sites for hydroxylation is 2. The predicted molar refractivity (Wildman–Crippen MR) is 100 cm³/mol. The summed E-state index contributed by atoms with van der Waals surface area (Å²) in [5.74, 6) is 1.55. The van der Waals surface area contributed by atoms with E-state index in [9.17, 15) is 8.42 Å². The van der Waals surface area contributed by atoms with Crippen LogP contribution < -0.4 is 5.14 Å². The van der Waals surface area contributed by atoms with E-state index in [1.165, 1.54) is 12.1 Å². The van der Waals surface area contributed by atoms with Crippen LogP contribution in [0.2, 0.25) is 0 Å². The molecular formula is C15H19N5O2S3. The van der Waals surface area contributed by atoms with Gasteiger partial charge in [-0.25, -0.2) is 18.5 Å². The number of benzene rings is 1. The average Bonchev–Trinajstić information content (AvgIpc) is 3.12. The van der Waals surface area contributed by atoms with E-state index in [1.54, 1.807) is 29.2 Å². The molecule has 2 heterocycles. The molecule has 1 aromatic carbocycles. The Morgan fingerprint density at radius 1 is 1.32 bits per heavy atom. The maximum atomic E-state index is 11.6. The molecule has 3 aromatic rings. The second kappa shape index (κ2) is 7.40. The van der Waals surface area contributed by atoms with Crippen LogP contribution in [0.25, 0.3) is 11.0 Å². The first-order chi connectivity index (χ1) is 11.9. The van der Waals surface area contributed by atoms with Gasteiger partial charge >= 0.3 is 0 Å². The summed E-state index contributed by atoms with van der Waals surface area (Å²) in [5, 5.41) is 14.3. The topological polar surface area (TPSA) is 104 Å². The highest BCUT2D eigenvalue weighted by molar-refractivity contribution is 8.00. The number of aromatic nitrogens is 4. The van der Waals surface area contributed by atoms with Gasteiger partial charge in [-0.1, -0.05) is 36.4 Å². The second-order valence-electron chi connectivity index (χ2n) is 5.60. The molecule has 0 unspecified atom stereocenters. The number of thioether (sulfide) groups is 1. The van der Waals surface area contributed by atoms with Crippen molar-refractivity contribution < 1.29 is 8.42 Å². The summed E-state index contributed by atoms with van der Waals surface area (Å²) >= 11 is 3.14. The van der Waals surface area contributed by atoms with Crippen LogP contribution in [0.5, 0.6) is 0 Å². The molecule has 0 bridgehead atoms. The number of fused-ring (bicyclic) bond motifs is 1. The summed E-state index contributed by atoms with van der Waals surface area (Å²) in [6, 6.07) is 4.85. The number of nitrogens with two attached hydrogens (primary N) is 1. The van der Waals surface area contributed by atoms with Crippen molar-refractivity contribution in [1.82, 2.24) is 19.7 Å². The Bertz CT molecular complexity index is 994. The molecule has 0 aliphatic heterocycles. The number of sulfonamides is 1. The van der Waals surface area contributed by atoms with Crippen molar-refractivity contribution in [2.75, 3.05) is 0 Å². The molecule has 0 aliphatic carbocycles. The number of primary sulfonamides is 1. The monoisotopic (exact) mass is 397 g/mol. The molecule has 7 nitrogen and oxygen atoms in total. The Labute approximate surface area is 154 Å². The normalized spacial score (nSPS) is 12.1. The van der Waals surface area contributed by atoms with E-state index in [1.807, 2.05) is 6.92 Å². The molecule has 0 fully saturated rings. The number of unbranched alkanes of at least 4 members (excludes halogenated alkanes) is 1. The summed E-state index contributed by atoms with van der Waals surface area (Å²) < 4.78 is 26.2. The lowest BCUT2D eigenvalue weighted by molar-refractivity contribution is 0.598. The molecule has 2 aromatic heterocycles. The number of nitrogens with zero attached hydrogens (tertiary/aromatic N) is 4. The van der Waals surface area contributed by atoms with E-state index in [0.29, 0.717) is 11.3 Å². The van der Waals surface area contributed by atoms with Gasteiger partial charge in [0.2, 0.25) is 10.0 Å². The molecule has 134 valence electrons. The quantitative estimate of drug-likeness (QED) is 0.615. The van der Waals surface area contributed by atoms with Crippen molar-refractivity contribution in [3.63, 3.8) is 0 Å². The van der Waals surface area contributed by atoms with E-state index in [2.05, 4.69) is 26.7 Å². The number of hydrogen-bond acceptors (Lipinski definition) is 7. The van der Waals surface area contributed by atoms with Crippen LogP contribution in [0.3, 0.4) is 0 Å². The highest BCUT2D eigenvalue weighted by Crippen LogP contribution is 2.28. The minimum Gasteiger partial charge on any atom is -0.327 e. The fraction of sp³-hybridized carbons (Fsp3) is 0.400. The molecule has 25 heavy (non-hydrogen) atoms. The van der Waals surface area contributed by atoms with Crippen LogP contribution in [-0.2, 0) is 22.3 Å². The van der Waals surface area contributed by atoms with Crippen LogP contribution in [0.15, 0.2) is 27.4 Å². The molecule has 0 saturated carbocycles. The first kappa shape index (κ1) is 18.3. The standard InChI is InChI=1S/C15H19N5O2S3/c1-3-4-7-20-13-6-5-11(25(16,21)22)8-12(13)17-14(20)9-23-15-19-18-10(2)24-15/h5-6,8H,3-4,7,9H2,1-2H3,(H2,16,21,22). The summed E-state index contributed by atoms with van der Waals surface area (Å²) in [6.07, 6.45) is 2.09. The highest BCUT2D eigenvalue weighted by Gasteiger charge is 2.15. The van der Waals surface area contributed by atoms with E-state index < -0.39 is 10.0 Å². The minimum absolute atomic E-state index is 0.0825. The fourth-order valence-corrected chi connectivity index (χ4v) is 4.77. The Morgan fingerprint density at radius 3 is 2.76 bits per heavy atom. The molecule has 0 amide bonds. The summed E-state index contributed by atoms with van der Waals surface area (Å²) in [6.45, 7) is 4.90. The molecule has 0 atom stereocenters. The van der Waals surface area contributed by atoms with Crippen molar-refractivity contribution in [3.05, 3.63) is 29.0 Å². The van der Waals surface area contributed by atoms with Crippen LogP contribution in [-0.4, -0.2) is 28.2 Å². The maximum absolute atomic E-state index is 11.6. The molecule has 0 radical (unpaired) electrons. The SMILES string of the molecule is CCCCn1c(CSc2nnc(C)s2)nc2cc(S(N)(=O)=O)ccc21. The molecule has 0 spiro atoms. The van der Waals surface area contributed by atoms with Gasteiger partial charge in [0.15, 0.2) is 4.34 Å². The van der Waals surface area contributed by atoms with Gasteiger partial charge in [-0.15, -0.1) is 10.2 Å². The van der Waals surface area contributed by atoms with Crippen LogP contribution in [0.1, 0.15) is 30.6 Å². The van der Waals surface area contributed by atoms with Gasteiger partial charge in [0.25, 0.3) is 0 Å². The van der Waals surface area contributed by atoms with E-state index in [-0.39, 0.29) is 4.90 Å². The van der Waals surface area contributed by atoms with Gasteiger partial charge in [-0.05, 0) is 31.5 Å². The molecule has 3 rings (SSSR count). The summed E-state index contributed by atoms with van der Waals surface area (Å²) in [4.78, 5) is 4.72. The van der Waals surface area contributed by atoms with Crippen molar-refractivity contribution in [1.29, 1.82) is 0 Å². The van der Waals surface area contributed by atoms with Gasteiger partial charge in [-0.3, -0.25) is 0 Å². The Morgan fingerprint density at radius 2 is 2.12 bits per heavy atom. The second-order valence-corrected chi connectivity index (χ2v) is 9.57. The number of imidazole rings is 1. The zero-order valence-electron chi connectivity index (χ0n) is 14.0. The van der Waals surface area contributed by atoms with Crippen molar-refractivity contribution in [3.8, 4) is 0 Å². The van der Waals surface area contributed by atoms with Crippen LogP contribution in [0.4, 0.5) is 0 Å². The molecule has 0 aliphatic rings. The zero-order valence-corrected chi connectivity index (χ0v) is 16.4. The third-order valence-electron chi connectivity index (χ3n) is 3.69. The fourth-order valence-electron chi connectivity index (χ4n) is 2.48. The highest BCUT2D eigenvalue weighted by atomic mass is 32.2. The largest absolute Gasteiger partial charge is 0.327 e. The third kappa shape index (κ3) is 4.20. The Kier molecular flexibility index (Phi) is 5.42. The molecule has 10 heteroatoms. The van der Waals surface area contributed by atoms with Gasteiger partial charge in [0.1, 0.15) is 10.8 Å².